The number of methoxy groups -OCH3 is 1. The second kappa shape index (κ2) is 9.76. The summed E-state index contributed by atoms with van der Waals surface area (Å²) in [5.41, 5.74) is 0.571. The highest BCUT2D eigenvalue weighted by molar-refractivity contribution is 7.89. The third-order valence-electron chi connectivity index (χ3n) is 5.28. The molecule has 0 spiro atoms. The lowest BCUT2D eigenvalue weighted by molar-refractivity contribution is -0.120. The van der Waals surface area contributed by atoms with Crippen molar-refractivity contribution in [1.29, 1.82) is 0 Å². The Morgan fingerprint density at radius 2 is 1.91 bits per heavy atom. The zero-order valence-corrected chi connectivity index (χ0v) is 18.6. The fourth-order valence-corrected chi connectivity index (χ4v) is 5.21. The van der Waals surface area contributed by atoms with Crippen LogP contribution in [0.1, 0.15) is 5.56 Å². The van der Waals surface area contributed by atoms with Crippen LogP contribution in [0.5, 0.6) is 17.2 Å². The number of amides is 1. The maximum Gasteiger partial charge on any atom is 0.246 e. The first kappa shape index (κ1) is 22.4. The molecule has 172 valence electrons. The van der Waals surface area contributed by atoms with Gasteiger partial charge in [0, 0.05) is 13.1 Å². The van der Waals surface area contributed by atoms with Crippen LogP contribution in [0, 0.1) is 0 Å². The Labute approximate surface area is 187 Å². The SMILES string of the molecule is COc1ccc(CC(=O)NC[C@@H]2COc3ccccc3O2)cc1S(=O)(=O)N1CCOCC1. The van der Waals surface area contributed by atoms with Crippen molar-refractivity contribution in [2.24, 2.45) is 0 Å². The van der Waals surface area contributed by atoms with Crippen LogP contribution in [0.15, 0.2) is 47.4 Å². The maximum absolute atomic E-state index is 13.1. The van der Waals surface area contributed by atoms with E-state index in [1.165, 1.54) is 17.5 Å². The molecular formula is C22H26N2O7S. The Morgan fingerprint density at radius 3 is 2.66 bits per heavy atom. The lowest BCUT2D eigenvalue weighted by Crippen LogP contribution is -2.41. The summed E-state index contributed by atoms with van der Waals surface area (Å²) in [6.45, 7) is 1.87. The summed E-state index contributed by atoms with van der Waals surface area (Å²) in [4.78, 5) is 12.6. The zero-order valence-electron chi connectivity index (χ0n) is 17.8. The Balaban J connectivity index is 1.40. The molecule has 2 aromatic carbocycles. The van der Waals surface area contributed by atoms with E-state index < -0.39 is 10.0 Å². The van der Waals surface area contributed by atoms with E-state index in [0.29, 0.717) is 36.9 Å². The summed E-state index contributed by atoms with van der Waals surface area (Å²) in [6.07, 6.45) is -0.276. The molecular weight excluding hydrogens is 436 g/mol. The lowest BCUT2D eigenvalue weighted by atomic mass is 10.1. The predicted molar refractivity (Wildman–Crippen MR) is 116 cm³/mol. The van der Waals surface area contributed by atoms with Crippen molar-refractivity contribution in [2.45, 2.75) is 17.4 Å². The molecule has 0 radical (unpaired) electrons. The van der Waals surface area contributed by atoms with Gasteiger partial charge in [-0.25, -0.2) is 8.42 Å². The average molecular weight is 463 g/mol. The first-order valence-electron chi connectivity index (χ1n) is 10.4. The number of carbonyl (C=O) groups is 1. The van der Waals surface area contributed by atoms with Crippen LogP contribution >= 0.6 is 0 Å². The van der Waals surface area contributed by atoms with Crippen LogP contribution in [0.4, 0.5) is 0 Å². The molecule has 1 saturated heterocycles. The van der Waals surface area contributed by atoms with Gasteiger partial charge in [-0.2, -0.15) is 4.31 Å². The lowest BCUT2D eigenvalue weighted by Gasteiger charge is -2.27. The Morgan fingerprint density at radius 1 is 1.16 bits per heavy atom. The Bertz CT molecular complexity index is 1070. The maximum atomic E-state index is 13.1. The van der Waals surface area contributed by atoms with E-state index in [9.17, 15) is 13.2 Å². The number of sulfonamides is 1. The molecule has 10 heteroatoms. The van der Waals surface area contributed by atoms with Crippen LogP contribution < -0.4 is 19.5 Å². The molecule has 2 aromatic rings. The average Bonchev–Trinajstić information content (AvgIpc) is 2.83. The highest BCUT2D eigenvalue weighted by atomic mass is 32.2. The summed E-state index contributed by atoms with van der Waals surface area (Å²) in [5.74, 6) is 1.33. The van der Waals surface area contributed by atoms with E-state index in [0.717, 1.165) is 0 Å². The van der Waals surface area contributed by atoms with Crippen molar-refractivity contribution in [2.75, 3.05) is 46.6 Å². The van der Waals surface area contributed by atoms with Crippen molar-refractivity contribution in [3.63, 3.8) is 0 Å². The van der Waals surface area contributed by atoms with Gasteiger partial charge in [-0.05, 0) is 29.8 Å². The number of para-hydroxylation sites is 2. The molecule has 2 aliphatic heterocycles. The van der Waals surface area contributed by atoms with Crippen LogP contribution in [0.25, 0.3) is 0 Å². The Kier molecular flexibility index (Phi) is 6.83. The van der Waals surface area contributed by atoms with E-state index in [1.807, 2.05) is 24.3 Å². The van der Waals surface area contributed by atoms with Gasteiger partial charge in [-0.15, -0.1) is 0 Å². The zero-order chi connectivity index (χ0) is 22.6. The minimum atomic E-state index is -3.76. The number of hydrogen-bond donors (Lipinski definition) is 1. The number of nitrogens with zero attached hydrogens (tertiary/aromatic N) is 1. The number of fused-ring (bicyclic) bond motifs is 1. The number of morpholine rings is 1. The van der Waals surface area contributed by atoms with E-state index in [2.05, 4.69) is 5.32 Å². The number of rotatable bonds is 7. The predicted octanol–water partition coefficient (Wildman–Crippen LogP) is 1.21. The quantitative estimate of drug-likeness (QED) is 0.660. The first-order chi connectivity index (χ1) is 15.5. The highest BCUT2D eigenvalue weighted by Gasteiger charge is 2.29. The van der Waals surface area contributed by atoms with Crippen molar-refractivity contribution in [3.05, 3.63) is 48.0 Å². The molecule has 1 fully saturated rings. The van der Waals surface area contributed by atoms with Gasteiger partial charge in [0.25, 0.3) is 0 Å². The summed E-state index contributed by atoms with van der Waals surface area (Å²) in [5, 5.41) is 2.83. The molecule has 2 heterocycles. The third kappa shape index (κ3) is 4.98. The normalized spacial score (nSPS) is 18.7. The van der Waals surface area contributed by atoms with E-state index in [1.54, 1.807) is 12.1 Å². The summed E-state index contributed by atoms with van der Waals surface area (Å²) >= 11 is 0. The van der Waals surface area contributed by atoms with Crippen LogP contribution in [0.2, 0.25) is 0 Å². The standard InChI is InChI=1S/C22H26N2O7S/c1-28-20-7-6-16(12-21(20)32(26,27)24-8-10-29-11-9-24)13-22(25)23-14-17-15-30-18-4-2-3-5-19(18)31-17/h2-7,12,17H,8-11,13-15H2,1H3,(H,23,25)/t17-/m1/s1. The number of nitrogens with one attached hydrogen (secondary N) is 1. The van der Waals surface area contributed by atoms with E-state index >= 15 is 0 Å². The fraction of sp³-hybridized carbons (Fsp3) is 0.409. The molecule has 4 rings (SSSR count). The fourth-order valence-electron chi connectivity index (χ4n) is 3.60. The topological polar surface area (TPSA) is 103 Å². The number of hydrogen-bond acceptors (Lipinski definition) is 7. The molecule has 2 aliphatic rings. The minimum absolute atomic E-state index is 0.0276. The number of ether oxygens (including phenoxy) is 4. The smallest absolute Gasteiger partial charge is 0.246 e. The second-order valence-electron chi connectivity index (χ2n) is 7.48. The largest absolute Gasteiger partial charge is 0.495 e. The summed E-state index contributed by atoms with van der Waals surface area (Å²) in [7, 11) is -2.34. The molecule has 1 amide bonds. The van der Waals surface area contributed by atoms with Crippen molar-refractivity contribution < 1.29 is 32.2 Å². The number of benzene rings is 2. The highest BCUT2D eigenvalue weighted by Crippen LogP contribution is 2.31. The molecule has 1 atom stereocenters. The van der Waals surface area contributed by atoms with Crippen molar-refractivity contribution in [3.8, 4) is 17.2 Å². The van der Waals surface area contributed by atoms with Crippen LogP contribution in [-0.2, 0) is 26.0 Å². The molecule has 9 nitrogen and oxygen atoms in total. The first-order valence-corrected chi connectivity index (χ1v) is 11.8. The van der Waals surface area contributed by atoms with Gasteiger partial charge >= 0.3 is 0 Å². The molecule has 0 saturated carbocycles. The van der Waals surface area contributed by atoms with Gasteiger partial charge in [0.05, 0.1) is 33.3 Å². The van der Waals surface area contributed by atoms with Crippen LogP contribution in [-0.4, -0.2) is 71.3 Å². The van der Waals surface area contributed by atoms with Gasteiger partial charge in [0.1, 0.15) is 23.4 Å². The summed E-state index contributed by atoms with van der Waals surface area (Å²) in [6, 6.07) is 12.1. The van der Waals surface area contributed by atoms with E-state index in [-0.39, 0.29) is 48.7 Å². The summed E-state index contributed by atoms with van der Waals surface area (Å²) < 4.78 is 49.6. The monoisotopic (exact) mass is 462 g/mol. The van der Waals surface area contributed by atoms with Crippen molar-refractivity contribution in [1.82, 2.24) is 9.62 Å². The molecule has 0 aromatic heterocycles. The van der Waals surface area contributed by atoms with E-state index in [4.69, 9.17) is 18.9 Å². The third-order valence-corrected chi connectivity index (χ3v) is 7.19. The van der Waals surface area contributed by atoms with Gasteiger partial charge in [-0.1, -0.05) is 18.2 Å². The molecule has 0 unspecified atom stereocenters. The molecule has 0 bridgehead atoms. The second-order valence-corrected chi connectivity index (χ2v) is 9.39. The van der Waals surface area contributed by atoms with Gasteiger partial charge < -0.3 is 24.3 Å². The van der Waals surface area contributed by atoms with Crippen molar-refractivity contribution >= 4 is 15.9 Å². The molecule has 0 aliphatic carbocycles. The molecule has 32 heavy (non-hydrogen) atoms. The number of carbonyl (C=O) groups excluding carboxylic acids is 1. The van der Waals surface area contributed by atoms with Gasteiger partial charge in [0.2, 0.25) is 15.9 Å². The molecule has 1 N–H and O–H groups in total. The van der Waals surface area contributed by atoms with Gasteiger partial charge in [-0.3, -0.25) is 4.79 Å². The van der Waals surface area contributed by atoms with Gasteiger partial charge in [0.15, 0.2) is 11.5 Å². The minimum Gasteiger partial charge on any atom is -0.495 e. The van der Waals surface area contributed by atoms with Crippen LogP contribution in [0.3, 0.4) is 0 Å². The Hall–Kier alpha value is -2.82.